The lowest BCUT2D eigenvalue weighted by Gasteiger charge is -2.32. The summed E-state index contributed by atoms with van der Waals surface area (Å²) in [5.74, 6) is 0.473. The first-order chi connectivity index (χ1) is 12.3. The monoisotopic (exact) mass is 360 g/mol. The van der Waals surface area contributed by atoms with Crippen LogP contribution < -0.4 is 11.1 Å². The molecule has 1 aromatic rings. The van der Waals surface area contributed by atoms with Crippen LogP contribution in [0.5, 0.6) is 0 Å². The summed E-state index contributed by atoms with van der Waals surface area (Å²) in [5, 5.41) is 3.29. The average Bonchev–Trinajstić information content (AvgIpc) is 2.61. The van der Waals surface area contributed by atoms with Crippen molar-refractivity contribution in [1.29, 1.82) is 0 Å². The van der Waals surface area contributed by atoms with Crippen molar-refractivity contribution in [2.24, 2.45) is 10.7 Å². The van der Waals surface area contributed by atoms with Crippen molar-refractivity contribution >= 4 is 12.1 Å². The molecule has 2 rings (SSSR count). The molecule has 1 heterocycles. The number of piperidine rings is 1. The first-order valence-electron chi connectivity index (χ1n) is 9.37. The summed E-state index contributed by atoms with van der Waals surface area (Å²) in [6.07, 6.45) is 1.46. The maximum atomic E-state index is 11.7. The molecule has 0 bridgehead atoms. The van der Waals surface area contributed by atoms with Crippen molar-refractivity contribution in [3.8, 4) is 0 Å². The summed E-state index contributed by atoms with van der Waals surface area (Å²) < 4.78 is 5.04. The molecule has 0 saturated carbocycles. The maximum absolute atomic E-state index is 11.7. The predicted molar refractivity (Wildman–Crippen MR) is 105 cm³/mol. The van der Waals surface area contributed by atoms with Crippen LogP contribution in [0.2, 0.25) is 0 Å². The number of aryl methyl sites for hydroxylation is 1. The Bertz CT molecular complexity index is 634. The van der Waals surface area contributed by atoms with E-state index in [4.69, 9.17) is 10.5 Å². The highest BCUT2D eigenvalue weighted by atomic mass is 16.6. The summed E-state index contributed by atoms with van der Waals surface area (Å²) >= 11 is 0. The van der Waals surface area contributed by atoms with Crippen molar-refractivity contribution in [1.82, 2.24) is 10.2 Å². The highest BCUT2D eigenvalue weighted by molar-refractivity contribution is 5.78. The molecular weight excluding hydrogens is 328 g/mol. The van der Waals surface area contributed by atoms with Gasteiger partial charge in [-0.1, -0.05) is 43.7 Å². The number of nitrogens with one attached hydrogen (secondary N) is 1. The smallest absolute Gasteiger partial charge is 0.409 e. The number of ether oxygens (including phenoxy) is 1. The molecule has 0 atom stereocenters. The normalized spacial score (nSPS) is 16.5. The average molecular weight is 361 g/mol. The second-order valence-electron chi connectivity index (χ2n) is 7.56. The number of guanidine groups is 1. The quantitative estimate of drug-likeness (QED) is 0.625. The van der Waals surface area contributed by atoms with E-state index in [2.05, 4.69) is 55.3 Å². The number of nitrogens with two attached hydrogens (primary N) is 1. The molecular formula is C20H32N4O2. The number of carbonyl (C=O) groups is 1. The van der Waals surface area contributed by atoms with Gasteiger partial charge in [0.15, 0.2) is 5.96 Å². The van der Waals surface area contributed by atoms with Gasteiger partial charge in [-0.3, -0.25) is 4.99 Å². The van der Waals surface area contributed by atoms with Crippen molar-refractivity contribution < 1.29 is 9.53 Å². The van der Waals surface area contributed by atoms with Crippen LogP contribution in [-0.4, -0.2) is 49.2 Å². The number of hydrogen-bond acceptors (Lipinski definition) is 3. The van der Waals surface area contributed by atoms with Gasteiger partial charge in [0.2, 0.25) is 0 Å². The minimum absolute atomic E-state index is 0.0778. The van der Waals surface area contributed by atoms with Crippen molar-refractivity contribution in [3.63, 3.8) is 0 Å². The fraction of sp³-hybridized carbons (Fsp3) is 0.600. The van der Waals surface area contributed by atoms with Gasteiger partial charge in [-0.25, -0.2) is 4.79 Å². The zero-order chi connectivity index (χ0) is 19.2. The highest BCUT2D eigenvalue weighted by Crippen LogP contribution is 2.24. The number of likely N-dealkylation sites (tertiary alicyclic amines) is 1. The maximum Gasteiger partial charge on any atom is 0.409 e. The van der Waals surface area contributed by atoms with E-state index in [1.54, 1.807) is 4.90 Å². The Labute approximate surface area is 156 Å². The largest absolute Gasteiger partial charge is 0.450 e. The first-order valence-corrected chi connectivity index (χ1v) is 9.37. The van der Waals surface area contributed by atoms with E-state index >= 15 is 0 Å². The molecule has 3 N–H and O–H groups in total. The summed E-state index contributed by atoms with van der Waals surface area (Å²) in [6.45, 7) is 10.7. The van der Waals surface area contributed by atoms with Crippen LogP contribution in [0.1, 0.15) is 44.7 Å². The van der Waals surface area contributed by atoms with Crippen molar-refractivity contribution in [2.75, 3.05) is 26.2 Å². The van der Waals surface area contributed by atoms with E-state index in [-0.39, 0.29) is 17.6 Å². The van der Waals surface area contributed by atoms with E-state index in [1.165, 1.54) is 11.1 Å². The number of hydrogen-bond donors (Lipinski definition) is 2. The molecule has 1 fully saturated rings. The molecule has 0 spiro atoms. The van der Waals surface area contributed by atoms with E-state index < -0.39 is 0 Å². The highest BCUT2D eigenvalue weighted by Gasteiger charge is 2.24. The van der Waals surface area contributed by atoms with Gasteiger partial charge >= 0.3 is 6.09 Å². The molecule has 6 heteroatoms. The SMILES string of the molecule is CCOC(=O)N1CCC(NC(N)=NCC(C)(C)c2cccc(C)c2)CC1. The Balaban J connectivity index is 1.84. The van der Waals surface area contributed by atoms with Crippen LogP contribution in [-0.2, 0) is 10.2 Å². The Morgan fingerprint density at radius 2 is 2.08 bits per heavy atom. The molecule has 1 amide bonds. The molecule has 1 aromatic carbocycles. The molecule has 1 saturated heterocycles. The Morgan fingerprint density at radius 3 is 2.69 bits per heavy atom. The number of aliphatic imine (C=N–C) groups is 1. The summed E-state index contributed by atoms with van der Waals surface area (Å²) in [5.41, 5.74) is 8.53. The van der Waals surface area contributed by atoms with Gasteiger partial charge in [0.1, 0.15) is 0 Å². The molecule has 0 unspecified atom stereocenters. The Hall–Kier alpha value is -2.24. The zero-order valence-corrected chi connectivity index (χ0v) is 16.4. The van der Waals surface area contributed by atoms with E-state index in [1.807, 2.05) is 6.92 Å². The second-order valence-corrected chi connectivity index (χ2v) is 7.56. The third kappa shape index (κ3) is 5.64. The third-order valence-electron chi connectivity index (χ3n) is 4.82. The number of nitrogens with zero attached hydrogens (tertiary/aromatic N) is 2. The summed E-state index contributed by atoms with van der Waals surface area (Å²) in [6, 6.07) is 8.75. The van der Waals surface area contributed by atoms with Gasteiger partial charge in [-0.2, -0.15) is 0 Å². The topological polar surface area (TPSA) is 80.0 Å². The standard InChI is InChI=1S/C20H32N4O2/c1-5-26-19(25)24-11-9-17(10-12-24)23-18(21)22-14-20(3,4)16-8-6-7-15(2)13-16/h6-8,13,17H,5,9-12,14H2,1-4H3,(H3,21,22,23). The molecule has 0 aliphatic carbocycles. The first kappa shape index (κ1) is 20.1. The molecule has 1 aliphatic rings. The molecule has 0 aromatic heterocycles. The van der Waals surface area contributed by atoms with E-state index in [9.17, 15) is 4.79 Å². The number of rotatable bonds is 5. The van der Waals surface area contributed by atoms with Crippen LogP contribution >= 0.6 is 0 Å². The summed E-state index contributed by atoms with van der Waals surface area (Å²) in [7, 11) is 0. The molecule has 0 radical (unpaired) electrons. The molecule has 1 aliphatic heterocycles. The van der Waals surface area contributed by atoms with Crippen LogP contribution in [0.25, 0.3) is 0 Å². The minimum Gasteiger partial charge on any atom is -0.450 e. The van der Waals surface area contributed by atoms with E-state index in [0.717, 1.165) is 12.8 Å². The van der Waals surface area contributed by atoms with Crippen LogP contribution in [0, 0.1) is 6.92 Å². The molecule has 26 heavy (non-hydrogen) atoms. The predicted octanol–water partition coefficient (Wildman–Crippen LogP) is 2.80. The van der Waals surface area contributed by atoms with Gasteiger partial charge in [0.25, 0.3) is 0 Å². The van der Waals surface area contributed by atoms with Gasteiger partial charge < -0.3 is 20.7 Å². The second kappa shape index (κ2) is 8.92. The molecule has 144 valence electrons. The van der Waals surface area contributed by atoms with Crippen molar-refractivity contribution in [2.45, 2.75) is 52.0 Å². The number of amides is 1. The molecule has 6 nitrogen and oxygen atoms in total. The fourth-order valence-electron chi connectivity index (χ4n) is 3.12. The lowest BCUT2D eigenvalue weighted by molar-refractivity contribution is 0.0963. The zero-order valence-electron chi connectivity index (χ0n) is 16.4. The minimum atomic E-state index is -0.229. The van der Waals surface area contributed by atoms with Crippen LogP contribution in [0.15, 0.2) is 29.3 Å². The van der Waals surface area contributed by atoms with Gasteiger partial charge in [0, 0.05) is 24.5 Å². The summed E-state index contributed by atoms with van der Waals surface area (Å²) in [4.78, 5) is 18.0. The number of benzene rings is 1. The van der Waals surface area contributed by atoms with Gasteiger partial charge in [-0.15, -0.1) is 0 Å². The Kier molecular flexibility index (Phi) is 6.89. The fourth-order valence-corrected chi connectivity index (χ4v) is 3.12. The lowest BCUT2D eigenvalue weighted by Crippen LogP contribution is -2.48. The van der Waals surface area contributed by atoms with Crippen LogP contribution in [0.3, 0.4) is 0 Å². The Morgan fingerprint density at radius 1 is 1.38 bits per heavy atom. The lowest BCUT2D eigenvalue weighted by atomic mass is 9.84. The van der Waals surface area contributed by atoms with Gasteiger partial charge in [0.05, 0.1) is 13.2 Å². The third-order valence-corrected chi connectivity index (χ3v) is 4.82. The number of carbonyl (C=O) groups excluding carboxylic acids is 1. The van der Waals surface area contributed by atoms with Crippen LogP contribution in [0.4, 0.5) is 4.79 Å². The van der Waals surface area contributed by atoms with Gasteiger partial charge in [-0.05, 0) is 32.3 Å². The van der Waals surface area contributed by atoms with E-state index in [0.29, 0.717) is 32.2 Å². The van der Waals surface area contributed by atoms with Crippen molar-refractivity contribution in [3.05, 3.63) is 35.4 Å².